The number of aliphatic hydroxyl groups excluding tert-OH is 2. The molecular formula is C23H28O6. The van der Waals surface area contributed by atoms with E-state index >= 15 is 0 Å². The normalized spacial score (nSPS) is 26.9. The quantitative estimate of drug-likeness (QED) is 0.597. The molecule has 6 nitrogen and oxygen atoms in total. The predicted molar refractivity (Wildman–Crippen MR) is 108 cm³/mol. The van der Waals surface area contributed by atoms with Crippen molar-refractivity contribution in [3.8, 4) is 0 Å². The van der Waals surface area contributed by atoms with Gasteiger partial charge in [0.25, 0.3) is 0 Å². The molecule has 0 saturated carbocycles. The van der Waals surface area contributed by atoms with Gasteiger partial charge >= 0.3 is 0 Å². The number of benzene rings is 2. The second kappa shape index (κ2) is 11.2. The summed E-state index contributed by atoms with van der Waals surface area (Å²) in [5, 5.41) is 21.1. The van der Waals surface area contributed by atoms with E-state index in [1.165, 1.54) is 0 Å². The Bertz CT molecular complexity index is 723. The Morgan fingerprint density at radius 3 is 2.10 bits per heavy atom. The highest BCUT2D eigenvalue weighted by Gasteiger charge is 2.46. The molecule has 1 fully saturated rings. The fourth-order valence-corrected chi connectivity index (χ4v) is 3.24. The maximum absolute atomic E-state index is 10.8. The van der Waals surface area contributed by atoms with Crippen LogP contribution in [0, 0.1) is 0 Å². The van der Waals surface area contributed by atoms with Crippen LogP contribution >= 0.6 is 0 Å². The average molecular weight is 400 g/mol. The Morgan fingerprint density at radius 1 is 0.862 bits per heavy atom. The molecule has 0 amide bonds. The van der Waals surface area contributed by atoms with Gasteiger partial charge < -0.3 is 29.2 Å². The average Bonchev–Trinajstić information content (AvgIpc) is 2.75. The monoisotopic (exact) mass is 400 g/mol. The topological polar surface area (TPSA) is 77.4 Å². The van der Waals surface area contributed by atoms with Crippen molar-refractivity contribution < 1.29 is 29.2 Å². The van der Waals surface area contributed by atoms with Crippen LogP contribution < -0.4 is 0 Å². The minimum atomic E-state index is -1.29. The molecule has 29 heavy (non-hydrogen) atoms. The number of hydrogen-bond donors (Lipinski definition) is 2. The molecule has 1 heterocycles. The van der Waals surface area contributed by atoms with Gasteiger partial charge in [-0.05, 0) is 11.1 Å². The molecule has 0 aliphatic carbocycles. The first-order chi connectivity index (χ1) is 14.2. The second-order valence-electron chi connectivity index (χ2n) is 6.90. The lowest BCUT2D eigenvalue weighted by molar-refractivity contribution is -0.305. The first-order valence-corrected chi connectivity index (χ1v) is 9.70. The van der Waals surface area contributed by atoms with Crippen LogP contribution in [0.15, 0.2) is 73.3 Å². The van der Waals surface area contributed by atoms with E-state index in [9.17, 15) is 10.2 Å². The number of hydrogen-bond acceptors (Lipinski definition) is 6. The van der Waals surface area contributed by atoms with Gasteiger partial charge in [-0.25, -0.2) is 0 Å². The molecule has 0 radical (unpaired) electrons. The number of aliphatic hydroxyl groups is 2. The molecule has 0 spiro atoms. The molecule has 5 atom stereocenters. The van der Waals surface area contributed by atoms with Crippen LogP contribution in [-0.4, -0.2) is 54.1 Å². The highest BCUT2D eigenvalue weighted by molar-refractivity contribution is 5.14. The number of rotatable bonds is 10. The molecule has 1 saturated heterocycles. The second-order valence-corrected chi connectivity index (χ2v) is 6.90. The van der Waals surface area contributed by atoms with Gasteiger partial charge in [0.05, 0.1) is 26.4 Å². The Balaban J connectivity index is 1.64. The highest BCUT2D eigenvalue weighted by atomic mass is 16.7. The van der Waals surface area contributed by atoms with Crippen LogP contribution in [0.4, 0.5) is 0 Å². The van der Waals surface area contributed by atoms with Gasteiger partial charge in [-0.1, -0.05) is 66.7 Å². The van der Waals surface area contributed by atoms with Gasteiger partial charge in [-0.15, -0.1) is 6.58 Å². The van der Waals surface area contributed by atoms with Crippen LogP contribution in [0.2, 0.25) is 0 Å². The highest BCUT2D eigenvalue weighted by Crippen LogP contribution is 2.26. The van der Waals surface area contributed by atoms with Crippen molar-refractivity contribution in [3.63, 3.8) is 0 Å². The van der Waals surface area contributed by atoms with Crippen molar-refractivity contribution in [1.82, 2.24) is 0 Å². The van der Waals surface area contributed by atoms with Crippen LogP contribution in [0.25, 0.3) is 0 Å². The van der Waals surface area contributed by atoms with E-state index in [-0.39, 0.29) is 13.2 Å². The summed E-state index contributed by atoms with van der Waals surface area (Å²) in [4.78, 5) is 0. The maximum atomic E-state index is 10.8. The van der Waals surface area contributed by atoms with Crippen molar-refractivity contribution in [1.29, 1.82) is 0 Å². The smallest absolute Gasteiger partial charge is 0.184 e. The standard InChI is InChI=1S/C23H28O6/c1-2-13-27-22-20(24)21(28-15-18-11-7-4-8-12-18)19(29-23(22)25)16-26-14-17-9-5-3-6-10-17/h2-12,19-25H,1,13-16H2/t19-,20+,21-,22-,23+/m1/s1. The Morgan fingerprint density at radius 2 is 1.48 bits per heavy atom. The van der Waals surface area contributed by atoms with Crippen molar-refractivity contribution >= 4 is 0 Å². The fourth-order valence-electron chi connectivity index (χ4n) is 3.24. The third-order valence-electron chi connectivity index (χ3n) is 4.72. The summed E-state index contributed by atoms with van der Waals surface area (Å²) in [5.41, 5.74) is 2.00. The van der Waals surface area contributed by atoms with Gasteiger partial charge in [0.15, 0.2) is 6.29 Å². The maximum Gasteiger partial charge on any atom is 0.184 e. The molecule has 2 N–H and O–H groups in total. The third kappa shape index (κ3) is 6.21. The van der Waals surface area contributed by atoms with Gasteiger partial charge in [0, 0.05) is 0 Å². The van der Waals surface area contributed by atoms with E-state index in [1.807, 2.05) is 60.7 Å². The molecule has 2 aromatic rings. The summed E-state index contributed by atoms with van der Waals surface area (Å²) in [5.74, 6) is 0. The summed E-state index contributed by atoms with van der Waals surface area (Å²) in [6.45, 7) is 4.64. The zero-order valence-electron chi connectivity index (χ0n) is 16.3. The molecule has 0 unspecified atom stereocenters. The van der Waals surface area contributed by atoms with E-state index in [2.05, 4.69) is 6.58 Å². The van der Waals surface area contributed by atoms with Gasteiger partial charge in [0.1, 0.15) is 24.4 Å². The molecule has 1 aliphatic rings. The molecule has 0 bridgehead atoms. The molecule has 0 aromatic heterocycles. The van der Waals surface area contributed by atoms with Crippen molar-refractivity contribution in [2.24, 2.45) is 0 Å². The van der Waals surface area contributed by atoms with Crippen LogP contribution in [0.1, 0.15) is 11.1 Å². The molecule has 1 aliphatic heterocycles. The van der Waals surface area contributed by atoms with E-state index in [0.29, 0.717) is 13.2 Å². The van der Waals surface area contributed by atoms with Crippen LogP contribution in [-0.2, 0) is 32.2 Å². The fraction of sp³-hybridized carbons (Fsp3) is 0.391. The zero-order valence-corrected chi connectivity index (χ0v) is 16.3. The van der Waals surface area contributed by atoms with E-state index in [4.69, 9.17) is 18.9 Å². The first-order valence-electron chi connectivity index (χ1n) is 9.70. The summed E-state index contributed by atoms with van der Waals surface area (Å²) in [6.07, 6.45) is -3.10. The first kappa shape index (κ1) is 21.6. The molecule has 3 rings (SSSR count). The lowest BCUT2D eigenvalue weighted by Crippen LogP contribution is -2.60. The lowest BCUT2D eigenvalue weighted by Gasteiger charge is -2.42. The Kier molecular flexibility index (Phi) is 8.37. The van der Waals surface area contributed by atoms with E-state index in [1.54, 1.807) is 6.08 Å². The lowest BCUT2D eigenvalue weighted by atomic mass is 9.98. The van der Waals surface area contributed by atoms with Crippen molar-refractivity contribution in [2.45, 2.75) is 43.9 Å². The molecule has 6 heteroatoms. The summed E-state index contributed by atoms with van der Waals surface area (Å²) >= 11 is 0. The minimum Gasteiger partial charge on any atom is -0.387 e. The van der Waals surface area contributed by atoms with Gasteiger partial charge in [-0.2, -0.15) is 0 Å². The SMILES string of the molecule is C=CCO[C@@H]1[C@@H](O)[C@H](OCc2ccccc2)[C@@H](COCc2ccccc2)O[C@@H]1O. The van der Waals surface area contributed by atoms with Crippen molar-refractivity contribution in [2.75, 3.05) is 13.2 Å². The molecule has 2 aromatic carbocycles. The van der Waals surface area contributed by atoms with Gasteiger partial charge in [0.2, 0.25) is 0 Å². The minimum absolute atomic E-state index is 0.163. The molecular weight excluding hydrogens is 372 g/mol. The predicted octanol–water partition coefficient (Wildman–Crippen LogP) is 2.44. The zero-order chi connectivity index (χ0) is 20.5. The van der Waals surface area contributed by atoms with Crippen molar-refractivity contribution in [3.05, 3.63) is 84.4 Å². The van der Waals surface area contributed by atoms with Gasteiger partial charge in [-0.3, -0.25) is 0 Å². The summed E-state index contributed by atoms with van der Waals surface area (Å²) < 4.78 is 22.9. The molecule has 156 valence electrons. The Hall–Kier alpha value is -2.06. The van der Waals surface area contributed by atoms with E-state index in [0.717, 1.165) is 11.1 Å². The van der Waals surface area contributed by atoms with E-state index < -0.39 is 30.7 Å². The van der Waals surface area contributed by atoms with Crippen LogP contribution in [0.3, 0.4) is 0 Å². The Labute approximate surface area is 171 Å². The summed E-state index contributed by atoms with van der Waals surface area (Å²) in [6, 6.07) is 19.4. The third-order valence-corrected chi connectivity index (χ3v) is 4.72. The number of ether oxygens (including phenoxy) is 4. The summed E-state index contributed by atoms with van der Waals surface area (Å²) in [7, 11) is 0. The largest absolute Gasteiger partial charge is 0.387 e. The van der Waals surface area contributed by atoms with Crippen LogP contribution in [0.5, 0.6) is 0 Å².